The molecule has 0 aliphatic heterocycles. The van der Waals surface area contributed by atoms with Crippen molar-refractivity contribution in [3.05, 3.63) is 0 Å². The summed E-state index contributed by atoms with van der Waals surface area (Å²) in [6, 6.07) is -2.49. The summed E-state index contributed by atoms with van der Waals surface area (Å²) in [4.78, 5) is 70.6. The second-order valence-electron chi connectivity index (χ2n) is 8.05. The molecule has 0 heterocycles. The number of carbonyl (C=O) groups is 6. The average Bonchev–Trinajstić information content (AvgIpc) is 2.76. The van der Waals surface area contributed by atoms with Crippen LogP contribution >= 0.6 is 0 Å². The van der Waals surface area contributed by atoms with Gasteiger partial charge in [0.1, 0.15) is 11.8 Å². The first-order chi connectivity index (χ1) is 15.9. The van der Waals surface area contributed by atoms with E-state index in [9.17, 15) is 33.9 Å². The number of nitrogens with two attached hydrogens (primary N) is 2. The van der Waals surface area contributed by atoms with Crippen molar-refractivity contribution in [3.8, 4) is 0 Å². The highest BCUT2D eigenvalue weighted by Crippen LogP contribution is 2.19. The lowest BCUT2D eigenvalue weighted by Gasteiger charge is -2.23. The molecule has 4 atom stereocenters. The number of nitrogens with one attached hydrogen (secondary N) is 2. The number of aliphatic hydroxyl groups excluding tert-OH is 1. The molecular formula is C21H36N4O9. The van der Waals surface area contributed by atoms with Gasteiger partial charge in [-0.05, 0) is 32.7 Å². The third-order valence-electron chi connectivity index (χ3n) is 5.07. The fourth-order valence-electron chi connectivity index (χ4n) is 3.12. The molecule has 0 unspecified atom stereocenters. The van der Waals surface area contributed by atoms with Crippen LogP contribution in [0, 0.1) is 5.92 Å². The second-order valence-corrected chi connectivity index (χ2v) is 8.05. The average molecular weight is 489 g/mol. The fraction of sp³-hybridized carbons (Fsp3) is 0.714. The number of rotatable bonds is 19. The Kier molecular flexibility index (Phi) is 15.3. The molecule has 34 heavy (non-hydrogen) atoms. The van der Waals surface area contributed by atoms with Gasteiger partial charge < -0.3 is 37.4 Å². The molecule has 194 valence electrons. The van der Waals surface area contributed by atoms with E-state index in [1.54, 1.807) is 0 Å². The molecule has 0 radical (unpaired) electrons. The molecule has 0 rings (SSSR count). The number of carboxylic acid groups (broad SMARTS) is 2. The predicted molar refractivity (Wildman–Crippen MR) is 119 cm³/mol. The van der Waals surface area contributed by atoms with E-state index in [1.165, 1.54) is 6.92 Å². The Morgan fingerprint density at radius 1 is 0.882 bits per heavy atom. The van der Waals surface area contributed by atoms with E-state index in [0.717, 1.165) is 0 Å². The maximum atomic E-state index is 12.8. The van der Waals surface area contributed by atoms with Gasteiger partial charge in [0, 0.05) is 25.2 Å². The lowest BCUT2D eigenvalue weighted by Crippen LogP contribution is -2.52. The molecule has 9 N–H and O–H groups in total. The molecule has 13 heteroatoms. The van der Waals surface area contributed by atoms with Crippen LogP contribution in [-0.4, -0.2) is 81.9 Å². The number of ketones is 2. The molecular weight excluding hydrogens is 452 g/mol. The van der Waals surface area contributed by atoms with Crippen LogP contribution in [0.15, 0.2) is 0 Å². The minimum absolute atomic E-state index is 0.126. The molecule has 0 spiro atoms. The molecule has 0 saturated carbocycles. The van der Waals surface area contributed by atoms with Crippen LogP contribution in [0.3, 0.4) is 0 Å². The summed E-state index contributed by atoms with van der Waals surface area (Å²) in [6.45, 7) is 1.11. The third-order valence-corrected chi connectivity index (χ3v) is 5.07. The van der Waals surface area contributed by atoms with Crippen molar-refractivity contribution in [1.82, 2.24) is 10.6 Å². The van der Waals surface area contributed by atoms with Gasteiger partial charge in [-0.25, -0.2) is 0 Å². The number of aliphatic hydroxyl groups is 1. The molecule has 0 aromatic heterocycles. The van der Waals surface area contributed by atoms with Crippen molar-refractivity contribution in [2.45, 2.75) is 76.5 Å². The normalized spacial score (nSPS) is 14.4. The highest BCUT2D eigenvalue weighted by Gasteiger charge is 2.30. The molecule has 0 aliphatic rings. The van der Waals surface area contributed by atoms with Crippen LogP contribution in [0.25, 0.3) is 0 Å². The van der Waals surface area contributed by atoms with E-state index in [4.69, 9.17) is 21.7 Å². The van der Waals surface area contributed by atoms with Crippen LogP contribution < -0.4 is 22.1 Å². The molecule has 2 amide bonds. The number of amides is 2. The first kappa shape index (κ1) is 31.1. The smallest absolute Gasteiger partial charge is 0.303 e. The summed E-state index contributed by atoms with van der Waals surface area (Å²) < 4.78 is 0. The zero-order valence-corrected chi connectivity index (χ0v) is 19.3. The van der Waals surface area contributed by atoms with E-state index >= 15 is 0 Å². The van der Waals surface area contributed by atoms with E-state index in [0.29, 0.717) is 25.8 Å². The van der Waals surface area contributed by atoms with E-state index in [1.807, 2.05) is 0 Å². The van der Waals surface area contributed by atoms with Gasteiger partial charge in [-0.3, -0.25) is 28.8 Å². The van der Waals surface area contributed by atoms with Crippen molar-refractivity contribution in [2.24, 2.45) is 17.4 Å². The lowest BCUT2D eigenvalue weighted by atomic mass is 9.87. The summed E-state index contributed by atoms with van der Waals surface area (Å²) in [5, 5.41) is 31.9. The standard InChI is InChI=1S/C21H36N4O9/c1-12(26)20(25-17(29)11-24-21(34)14(23)5-7-18(30)31)16(28)10-13(4-2-3-9-22)15(27)6-8-19(32)33/h12-14,20,26H,2-11,22-23H2,1H3,(H,24,34)(H,25,29)(H,30,31)(H,32,33)/t12-,13-,14+,20+/m1/s1. The number of aliphatic carboxylic acids is 2. The van der Waals surface area contributed by atoms with Crippen LogP contribution in [0.4, 0.5) is 0 Å². The number of hydrogen-bond acceptors (Lipinski definition) is 9. The predicted octanol–water partition coefficient (Wildman–Crippen LogP) is -1.70. The Hall–Kier alpha value is -2.90. The van der Waals surface area contributed by atoms with Gasteiger partial charge in [0.2, 0.25) is 11.8 Å². The lowest BCUT2D eigenvalue weighted by molar-refractivity contribution is -0.139. The first-order valence-electron chi connectivity index (χ1n) is 11.1. The Morgan fingerprint density at radius 2 is 1.50 bits per heavy atom. The highest BCUT2D eigenvalue weighted by atomic mass is 16.4. The van der Waals surface area contributed by atoms with E-state index < -0.39 is 66.0 Å². The highest BCUT2D eigenvalue weighted by molar-refractivity contribution is 5.95. The number of carboxylic acids is 2. The maximum absolute atomic E-state index is 12.8. The van der Waals surface area contributed by atoms with Crippen LogP contribution in [0.1, 0.15) is 58.3 Å². The van der Waals surface area contributed by atoms with Crippen LogP contribution in [0.2, 0.25) is 0 Å². The van der Waals surface area contributed by atoms with Gasteiger partial charge in [0.15, 0.2) is 5.78 Å². The zero-order valence-electron chi connectivity index (χ0n) is 19.3. The number of hydrogen-bond donors (Lipinski definition) is 7. The van der Waals surface area contributed by atoms with Gasteiger partial charge >= 0.3 is 11.9 Å². The Bertz CT molecular complexity index is 727. The molecule has 0 aromatic rings. The molecule has 0 fully saturated rings. The molecule has 0 bridgehead atoms. The SMILES string of the molecule is C[C@@H](O)[C@H](NC(=O)CNC(=O)[C@@H](N)CCC(=O)O)C(=O)C[C@@H](CCCCN)C(=O)CCC(=O)O. The molecule has 0 aliphatic carbocycles. The van der Waals surface area contributed by atoms with Gasteiger partial charge in [0.05, 0.1) is 25.1 Å². The van der Waals surface area contributed by atoms with E-state index in [2.05, 4.69) is 10.6 Å². The van der Waals surface area contributed by atoms with Gasteiger partial charge in [-0.2, -0.15) is 0 Å². The summed E-state index contributed by atoms with van der Waals surface area (Å²) >= 11 is 0. The third kappa shape index (κ3) is 13.6. The van der Waals surface area contributed by atoms with Crippen molar-refractivity contribution in [2.75, 3.05) is 13.1 Å². The Morgan fingerprint density at radius 3 is 2.03 bits per heavy atom. The van der Waals surface area contributed by atoms with Crippen molar-refractivity contribution >= 4 is 35.3 Å². The van der Waals surface area contributed by atoms with Crippen molar-refractivity contribution in [3.63, 3.8) is 0 Å². The number of Topliss-reactive ketones (excluding diaryl/α,β-unsaturated/α-hetero) is 2. The maximum Gasteiger partial charge on any atom is 0.303 e. The van der Waals surface area contributed by atoms with Crippen molar-refractivity contribution < 1.29 is 44.1 Å². The van der Waals surface area contributed by atoms with Crippen molar-refractivity contribution in [1.29, 1.82) is 0 Å². The Balaban J connectivity index is 4.99. The topological polar surface area (TPSA) is 239 Å². The largest absolute Gasteiger partial charge is 0.481 e. The van der Waals surface area contributed by atoms with Gasteiger partial charge in [0.25, 0.3) is 0 Å². The zero-order chi connectivity index (χ0) is 26.3. The van der Waals surface area contributed by atoms with Gasteiger partial charge in [-0.1, -0.05) is 6.42 Å². The minimum Gasteiger partial charge on any atom is -0.481 e. The summed E-state index contributed by atoms with van der Waals surface area (Å²) in [5.74, 6) is -5.60. The molecule has 0 aromatic carbocycles. The Labute approximate surface area is 197 Å². The summed E-state index contributed by atoms with van der Waals surface area (Å²) in [5.41, 5.74) is 11.0. The first-order valence-corrected chi connectivity index (χ1v) is 11.1. The molecule has 0 saturated heterocycles. The van der Waals surface area contributed by atoms with Crippen LogP contribution in [-0.2, 0) is 28.8 Å². The number of carbonyl (C=O) groups excluding carboxylic acids is 4. The summed E-state index contributed by atoms with van der Waals surface area (Å²) in [6.07, 6.45) is -1.19. The van der Waals surface area contributed by atoms with Crippen LogP contribution in [0.5, 0.6) is 0 Å². The number of unbranched alkanes of at least 4 members (excludes halogenated alkanes) is 1. The van der Waals surface area contributed by atoms with E-state index in [-0.39, 0.29) is 32.1 Å². The minimum atomic E-state index is -1.35. The van der Waals surface area contributed by atoms with Gasteiger partial charge in [-0.15, -0.1) is 0 Å². The monoisotopic (exact) mass is 488 g/mol. The second kappa shape index (κ2) is 16.7. The fourth-order valence-corrected chi connectivity index (χ4v) is 3.12. The quantitative estimate of drug-likeness (QED) is 0.101. The summed E-state index contributed by atoms with van der Waals surface area (Å²) in [7, 11) is 0. The molecule has 13 nitrogen and oxygen atoms in total.